The molecule has 1 aliphatic carbocycles. The van der Waals surface area contributed by atoms with Gasteiger partial charge >= 0.3 is 5.97 Å². The van der Waals surface area contributed by atoms with Crippen LogP contribution >= 0.6 is 0 Å². The third-order valence-corrected chi connectivity index (χ3v) is 6.77. The fourth-order valence-corrected chi connectivity index (χ4v) is 4.54. The van der Waals surface area contributed by atoms with Crippen molar-refractivity contribution >= 4 is 23.4 Å². The molecule has 1 amide bonds. The first kappa shape index (κ1) is 23.7. The first-order valence-electron chi connectivity index (χ1n) is 11.7. The van der Waals surface area contributed by atoms with Gasteiger partial charge in [-0.05, 0) is 67.3 Å². The number of nitrogens with zero attached hydrogens (tertiary/aromatic N) is 2. The zero-order valence-electron chi connectivity index (χ0n) is 20.0. The van der Waals surface area contributed by atoms with Crippen LogP contribution in [0.2, 0.25) is 0 Å². The smallest absolute Gasteiger partial charge is 0.337 e. The van der Waals surface area contributed by atoms with Gasteiger partial charge < -0.3 is 20.3 Å². The summed E-state index contributed by atoms with van der Waals surface area (Å²) >= 11 is 0. The molecule has 2 aliphatic rings. The van der Waals surface area contributed by atoms with Crippen molar-refractivity contribution in [1.29, 1.82) is 0 Å². The number of rotatable bonds is 7. The highest BCUT2D eigenvalue weighted by Crippen LogP contribution is 2.46. The molecular formula is C27H26F2N4O3. The van der Waals surface area contributed by atoms with Crippen LogP contribution in [-0.4, -0.2) is 43.1 Å². The lowest BCUT2D eigenvalue weighted by atomic mass is 10.0. The number of nitrogens with one attached hydrogen (secondary N) is 2. The van der Waals surface area contributed by atoms with Crippen molar-refractivity contribution in [2.45, 2.75) is 31.3 Å². The molecule has 1 saturated carbocycles. The number of carbonyl (C=O) groups is 2. The highest BCUT2D eigenvalue weighted by molar-refractivity contribution is 6.00. The maximum atomic E-state index is 14.1. The molecule has 2 heterocycles. The molecule has 1 aliphatic heterocycles. The molecule has 3 aromatic rings. The standard InChI is InChI=1S/C27H26F2N4O3/c1-16-11-19(28)7-8-23(16)31-21-14-33(15-21)24-22(12-20(29)13-30-24)25(34)32-27(9-10-27)18-5-3-17(4-6-18)26(35)36-2/h3-8,11-13,21,31H,9-10,14-15H2,1-2H3,(H,32,34). The number of aryl methyl sites for hydroxylation is 1. The van der Waals surface area contributed by atoms with Crippen molar-refractivity contribution in [1.82, 2.24) is 10.3 Å². The maximum Gasteiger partial charge on any atom is 0.337 e. The number of ether oxygens (including phenoxy) is 1. The summed E-state index contributed by atoms with van der Waals surface area (Å²) < 4.78 is 32.2. The van der Waals surface area contributed by atoms with E-state index in [0.717, 1.165) is 35.9 Å². The molecule has 9 heteroatoms. The zero-order valence-corrected chi connectivity index (χ0v) is 20.0. The van der Waals surface area contributed by atoms with Crippen molar-refractivity contribution in [2.75, 3.05) is 30.4 Å². The highest BCUT2D eigenvalue weighted by Gasteiger charge is 2.46. The van der Waals surface area contributed by atoms with Crippen LogP contribution < -0.4 is 15.5 Å². The molecule has 36 heavy (non-hydrogen) atoms. The largest absolute Gasteiger partial charge is 0.465 e. The summed E-state index contributed by atoms with van der Waals surface area (Å²) in [4.78, 5) is 31.1. The second-order valence-corrected chi connectivity index (χ2v) is 9.34. The SMILES string of the molecule is COC(=O)c1ccc(C2(NC(=O)c3cc(F)cnc3N3CC(Nc4ccc(F)cc4C)C3)CC2)cc1. The molecule has 5 rings (SSSR count). The molecule has 2 aromatic carbocycles. The average Bonchev–Trinajstić information content (AvgIpc) is 3.62. The van der Waals surface area contributed by atoms with Crippen LogP contribution in [0.25, 0.3) is 0 Å². The molecule has 1 saturated heterocycles. The summed E-state index contributed by atoms with van der Waals surface area (Å²) in [6.45, 7) is 2.97. The Labute approximate surface area is 207 Å². The van der Waals surface area contributed by atoms with E-state index < -0.39 is 23.2 Å². The lowest BCUT2D eigenvalue weighted by Crippen LogP contribution is -2.56. The van der Waals surface area contributed by atoms with E-state index in [2.05, 4.69) is 15.6 Å². The van der Waals surface area contributed by atoms with Crippen LogP contribution in [0, 0.1) is 18.6 Å². The molecule has 0 radical (unpaired) electrons. The predicted molar refractivity (Wildman–Crippen MR) is 131 cm³/mol. The number of aromatic nitrogens is 1. The Morgan fingerprint density at radius 1 is 1.06 bits per heavy atom. The van der Waals surface area contributed by atoms with E-state index in [1.807, 2.05) is 11.8 Å². The first-order chi connectivity index (χ1) is 17.3. The van der Waals surface area contributed by atoms with Crippen molar-refractivity contribution in [3.8, 4) is 0 Å². The summed E-state index contributed by atoms with van der Waals surface area (Å²) in [5, 5.41) is 6.43. The molecule has 0 unspecified atom stereocenters. The van der Waals surface area contributed by atoms with Gasteiger partial charge in [-0.15, -0.1) is 0 Å². The Hall–Kier alpha value is -4.01. The van der Waals surface area contributed by atoms with E-state index in [4.69, 9.17) is 4.74 Å². The van der Waals surface area contributed by atoms with Gasteiger partial charge in [0.1, 0.15) is 17.5 Å². The van der Waals surface area contributed by atoms with Gasteiger partial charge in [-0.25, -0.2) is 18.6 Å². The number of anilines is 2. The van der Waals surface area contributed by atoms with Crippen LogP contribution in [0.4, 0.5) is 20.3 Å². The third kappa shape index (κ3) is 4.60. The summed E-state index contributed by atoms with van der Waals surface area (Å²) in [6, 6.07) is 12.8. The molecule has 7 nitrogen and oxygen atoms in total. The summed E-state index contributed by atoms with van der Waals surface area (Å²) in [5.74, 6) is -1.29. The van der Waals surface area contributed by atoms with Gasteiger partial charge in [0.25, 0.3) is 5.91 Å². The number of amides is 1. The van der Waals surface area contributed by atoms with Gasteiger partial charge in [-0.2, -0.15) is 0 Å². The Bertz CT molecular complexity index is 1320. The van der Waals surface area contributed by atoms with E-state index in [1.165, 1.54) is 25.3 Å². The number of halogens is 2. The molecule has 2 N–H and O–H groups in total. The van der Waals surface area contributed by atoms with Crippen LogP contribution in [0.5, 0.6) is 0 Å². The number of hydrogen-bond donors (Lipinski definition) is 2. The summed E-state index contributed by atoms with van der Waals surface area (Å²) in [5.41, 5.74) is 2.56. The van der Waals surface area contributed by atoms with Crippen molar-refractivity contribution in [3.63, 3.8) is 0 Å². The summed E-state index contributed by atoms with van der Waals surface area (Å²) in [6.07, 6.45) is 2.58. The molecule has 0 atom stereocenters. The second-order valence-electron chi connectivity index (χ2n) is 9.34. The number of carbonyl (C=O) groups excluding carboxylic acids is 2. The fourth-order valence-electron chi connectivity index (χ4n) is 4.54. The van der Waals surface area contributed by atoms with Crippen LogP contribution in [-0.2, 0) is 10.3 Å². The molecular weight excluding hydrogens is 466 g/mol. The number of hydrogen-bond acceptors (Lipinski definition) is 6. The lowest BCUT2D eigenvalue weighted by molar-refractivity contribution is 0.0600. The summed E-state index contributed by atoms with van der Waals surface area (Å²) in [7, 11) is 1.32. The van der Waals surface area contributed by atoms with Gasteiger partial charge in [0.15, 0.2) is 0 Å². The maximum absolute atomic E-state index is 14.1. The molecule has 186 valence electrons. The number of benzene rings is 2. The minimum Gasteiger partial charge on any atom is -0.465 e. The number of pyridine rings is 1. The Morgan fingerprint density at radius 3 is 2.42 bits per heavy atom. The van der Waals surface area contributed by atoms with E-state index in [9.17, 15) is 18.4 Å². The highest BCUT2D eigenvalue weighted by atomic mass is 19.1. The topological polar surface area (TPSA) is 83.6 Å². The number of esters is 1. The van der Waals surface area contributed by atoms with E-state index in [-0.39, 0.29) is 17.4 Å². The quantitative estimate of drug-likeness (QED) is 0.482. The zero-order chi connectivity index (χ0) is 25.4. The fraction of sp³-hybridized carbons (Fsp3) is 0.296. The van der Waals surface area contributed by atoms with Crippen LogP contribution in [0.1, 0.15) is 44.7 Å². The molecule has 0 bridgehead atoms. The molecule has 2 fully saturated rings. The number of methoxy groups -OCH3 is 1. The van der Waals surface area contributed by atoms with E-state index in [1.54, 1.807) is 30.3 Å². The normalized spacial score (nSPS) is 16.2. The second kappa shape index (κ2) is 9.22. The van der Waals surface area contributed by atoms with Crippen LogP contribution in [0.3, 0.4) is 0 Å². The van der Waals surface area contributed by atoms with Crippen molar-refractivity contribution in [3.05, 3.63) is 88.6 Å². The van der Waals surface area contributed by atoms with Gasteiger partial charge in [0, 0.05) is 18.8 Å². The van der Waals surface area contributed by atoms with Gasteiger partial charge in [0.2, 0.25) is 0 Å². The average molecular weight is 493 g/mol. The van der Waals surface area contributed by atoms with E-state index >= 15 is 0 Å². The predicted octanol–water partition coefficient (Wildman–Crippen LogP) is 4.17. The molecule has 0 spiro atoms. The minimum absolute atomic E-state index is 0.0834. The molecule has 1 aromatic heterocycles. The minimum atomic E-state index is -0.590. The van der Waals surface area contributed by atoms with Gasteiger partial charge in [-0.1, -0.05) is 12.1 Å². The third-order valence-electron chi connectivity index (χ3n) is 6.77. The monoisotopic (exact) mass is 492 g/mol. The van der Waals surface area contributed by atoms with Gasteiger partial charge in [0.05, 0.1) is 36.0 Å². The first-order valence-corrected chi connectivity index (χ1v) is 11.7. The Balaban J connectivity index is 1.28. The van der Waals surface area contributed by atoms with Crippen molar-refractivity contribution in [2.24, 2.45) is 0 Å². The van der Waals surface area contributed by atoms with Crippen molar-refractivity contribution < 1.29 is 23.1 Å². The van der Waals surface area contributed by atoms with Gasteiger partial charge in [-0.3, -0.25) is 4.79 Å². The van der Waals surface area contributed by atoms with E-state index in [0.29, 0.717) is 24.5 Å². The Morgan fingerprint density at radius 2 is 1.78 bits per heavy atom. The van der Waals surface area contributed by atoms with Crippen LogP contribution in [0.15, 0.2) is 54.7 Å². The lowest BCUT2D eigenvalue weighted by Gasteiger charge is -2.41. The Kier molecular flexibility index (Phi) is 6.07.